The van der Waals surface area contributed by atoms with E-state index in [1.807, 2.05) is 0 Å². The number of carbonyl (C=O) groups excluding carboxylic acids is 3. The van der Waals surface area contributed by atoms with Gasteiger partial charge in [0.25, 0.3) is 0 Å². The van der Waals surface area contributed by atoms with E-state index in [1.54, 1.807) is 0 Å². The molecule has 0 aliphatic heterocycles. The minimum absolute atomic E-state index is 0. The van der Waals surface area contributed by atoms with Gasteiger partial charge in [-0.2, -0.15) is 0 Å². The quantitative estimate of drug-likeness (QED) is 0.0122. The summed E-state index contributed by atoms with van der Waals surface area (Å²) in [5, 5.41) is 2.41. The Labute approximate surface area is 363 Å². The number of allylic oxidation sites excluding steroid dienone is 4. The molecule has 0 aromatic carbocycles. The van der Waals surface area contributed by atoms with Crippen molar-refractivity contribution in [1.29, 1.82) is 0 Å². The van der Waals surface area contributed by atoms with E-state index in [0.717, 1.165) is 64.2 Å². The van der Waals surface area contributed by atoms with Gasteiger partial charge in [-0.1, -0.05) is 141 Å². The number of alkyl carbamates (subject to hydrolysis) is 1. The van der Waals surface area contributed by atoms with Gasteiger partial charge in [0, 0.05) is 19.4 Å². The molecule has 0 saturated carbocycles. The molecule has 0 unspecified atom stereocenters. The van der Waals surface area contributed by atoms with Gasteiger partial charge in [0.1, 0.15) is 13.2 Å². The van der Waals surface area contributed by atoms with Crippen LogP contribution in [0, 0.1) is 0 Å². The fourth-order valence-electron chi connectivity index (χ4n) is 5.93. The molecule has 11 nitrogen and oxygen atoms in total. The molecule has 0 spiro atoms. The van der Waals surface area contributed by atoms with E-state index in [-0.39, 0.29) is 68.6 Å². The van der Waals surface area contributed by atoms with Crippen LogP contribution in [0.15, 0.2) is 24.3 Å². The van der Waals surface area contributed by atoms with Crippen LogP contribution < -0.4 is 34.9 Å². The van der Waals surface area contributed by atoms with E-state index in [2.05, 4.69) is 47.7 Å². The molecule has 0 aromatic rings. The van der Waals surface area contributed by atoms with Crippen LogP contribution >= 0.6 is 0 Å². The van der Waals surface area contributed by atoms with E-state index in [1.165, 1.54) is 89.9 Å². The van der Waals surface area contributed by atoms with Gasteiger partial charge >= 0.3 is 47.6 Å². The number of carbonyl (C=O) groups is 3. The Hall–Kier alpha value is -1.44. The molecule has 0 aromatic heterocycles. The standard InChI is InChI=1S/C43H79NO10S.Na/c1-3-5-7-9-11-13-15-17-19-21-23-25-27-29-31-34-41(45)51-38-40(54-43(47)44-36-33-37-53-55(48,49)50)39-52-42(46)35-32-30-28-26-24-22-20-18-16-14-12-10-8-6-4-2;/h17-20,40H,3-16,21-39H2,1-2H3,(H,44,47)(H,48,49,50);/q;+1/p-1/b19-17-,20-18-;. The van der Waals surface area contributed by atoms with Gasteiger partial charge in [-0.15, -0.1) is 0 Å². The van der Waals surface area contributed by atoms with Gasteiger partial charge in [0.05, 0.1) is 6.61 Å². The Kier molecular flexibility index (Phi) is 43.7. The van der Waals surface area contributed by atoms with Gasteiger partial charge in [-0.05, 0) is 70.6 Å². The number of amides is 1. The predicted octanol–water partition coefficient (Wildman–Crippen LogP) is 8.11. The van der Waals surface area contributed by atoms with Crippen molar-refractivity contribution >= 4 is 28.4 Å². The summed E-state index contributed by atoms with van der Waals surface area (Å²) in [6.07, 6.45) is 38.0. The second-order valence-electron chi connectivity index (χ2n) is 14.6. The summed E-state index contributed by atoms with van der Waals surface area (Å²) in [4.78, 5) is 37.1. The van der Waals surface area contributed by atoms with Crippen LogP contribution in [0.5, 0.6) is 0 Å². The maximum atomic E-state index is 12.4. The molecule has 0 rings (SSSR count). The van der Waals surface area contributed by atoms with Crippen molar-refractivity contribution in [3.63, 3.8) is 0 Å². The van der Waals surface area contributed by atoms with E-state index >= 15 is 0 Å². The zero-order chi connectivity index (χ0) is 40.5. The summed E-state index contributed by atoms with van der Waals surface area (Å²) in [6.45, 7) is 3.53. The van der Waals surface area contributed by atoms with E-state index in [9.17, 15) is 27.4 Å². The van der Waals surface area contributed by atoms with Gasteiger partial charge in [0.2, 0.25) is 10.4 Å². The Bertz CT molecular complexity index is 1030. The van der Waals surface area contributed by atoms with Crippen molar-refractivity contribution in [2.45, 2.75) is 206 Å². The Morgan fingerprint density at radius 1 is 0.554 bits per heavy atom. The molecule has 0 fully saturated rings. The minimum Gasteiger partial charge on any atom is -0.726 e. The summed E-state index contributed by atoms with van der Waals surface area (Å²) in [7, 11) is -4.81. The number of hydrogen-bond acceptors (Lipinski definition) is 10. The molecule has 0 heterocycles. The molecule has 1 amide bonds. The fourth-order valence-corrected chi connectivity index (χ4v) is 6.25. The van der Waals surface area contributed by atoms with Gasteiger partial charge in [-0.3, -0.25) is 13.8 Å². The molecule has 56 heavy (non-hydrogen) atoms. The number of ether oxygens (including phenoxy) is 3. The van der Waals surface area contributed by atoms with Crippen molar-refractivity contribution in [3.8, 4) is 0 Å². The predicted molar refractivity (Wildman–Crippen MR) is 219 cm³/mol. The van der Waals surface area contributed by atoms with Crippen molar-refractivity contribution in [2.24, 2.45) is 0 Å². The maximum absolute atomic E-state index is 12.4. The Balaban J connectivity index is 0. The largest absolute Gasteiger partial charge is 1.00 e. The second-order valence-corrected chi connectivity index (χ2v) is 15.6. The van der Waals surface area contributed by atoms with Gasteiger partial charge in [-0.25, -0.2) is 13.2 Å². The molecule has 0 atom stereocenters. The third kappa shape index (κ3) is 45.3. The average Bonchev–Trinajstić information content (AvgIpc) is 3.15. The van der Waals surface area contributed by atoms with Crippen LogP contribution in [0.2, 0.25) is 0 Å². The zero-order valence-electron chi connectivity index (χ0n) is 35.7. The first-order valence-corrected chi connectivity index (χ1v) is 23.2. The molecule has 322 valence electrons. The summed E-state index contributed by atoms with van der Waals surface area (Å²) in [5.74, 6) is -0.829. The summed E-state index contributed by atoms with van der Waals surface area (Å²) < 4.78 is 51.8. The molecule has 0 aliphatic carbocycles. The number of nitrogens with one attached hydrogen (secondary N) is 1. The normalized spacial score (nSPS) is 11.6. The molecule has 0 bridgehead atoms. The Morgan fingerprint density at radius 3 is 1.29 bits per heavy atom. The van der Waals surface area contributed by atoms with E-state index < -0.39 is 41.1 Å². The smallest absolute Gasteiger partial charge is 0.726 e. The Morgan fingerprint density at radius 2 is 0.911 bits per heavy atom. The first kappa shape index (κ1) is 56.7. The number of rotatable bonds is 40. The number of hydrogen-bond donors (Lipinski definition) is 1. The zero-order valence-corrected chi connectivity index (χ0v) is 38.5. The molecule has 1 N–H and O–H groups in total. The average molecular weight is 824 g/mol. The van der Waals surface area contributed by atoms with E-state index in [4.69, 9.17) is 14.2 Å². The van der Waals surface area contributed by atoms with Crippen molar-refractivity contribution in [2.75, 3.05) is 26.4 Å². The number of esters is 2. The van der Waals surface area contributed by atoms with Crippen LogP contribution in [0.4, 0.5) is 4.79 Å². The third-order valence-electron chi connectivity index (χ3n) is 9.24. The topological polar surface area (TPSA) is 157 Å². The van der Waals surface area contributed by atoms with Crippen LogP contribution in [0.25, 0.3) is 0 Å². The monoisotopic (exact) mass is 824 g/mol. The van der Waals surface area contributed by atoms with Crippen molar-refractivity contribution in [3.05, 3.63) is 24.3 Å². The van der Waals surface area contributed by atoms with Gasteiger partial charge in [0.15, 0.2) is 6.10 Å². The first-order valence-electron chi connectivity index (χ1n) is 21.8. The SMILES string of the molecule is CCCCCCCC/C=C\CCCCCCCC(=O)OCC(COC(=O)CCCCCCC/C=C\CCCCCCCC)OC(=O)NCCCOS(=O)(=O)[O-].[Na+]. The van der Waals surface area contributed by atoms with Crippen molar-refractivity contribution < 1.29 is 75.3 Å². The summed E-state index contributed by atoms with van der Waals surface area (Å²) >= 11 is 0. The van der Waals surface area contributed by atoms with Gasteiger partial charge < -0.3 is 24.1 Å². The molecule has 0 saturated heterocycles. The summed E-state index contributed by atoms with van der Waals surface area (Å²) in [6, 6.07) is 0. The number of unbranched alkanes of at least 4 members (excludes halogenated alkanes) is 22. The molecule has 0 radical (unpaired) electrons. The molecular formula is C43H78NNaO10S. The fraction of sp³-hybridized carbons (Fsp3) is 0.837. The third-order valence-corrected chi connectivity index (χ3v) is 9.69. The second kappa shape index (κ2) is 43.1. The molecular weight excluding hydrogens is 746 g/mol. The van der Waals surface area contributed by atoms with E-state index in [0.29, 0.717) is 12.8 Å². The minimum atomic E-state index is -4.81. The summed E-state index contributed by atoms with van der Waals surface area (Å²) in [5.41, 5.74) is 0. The van der Waals surface area contributed by atoms with Crippen LogP contribution in [0.1, 0.15) is 200 Å². The molecule has 13 heteroatoms. The first-order chi connectivity index (χ1) is 26.7. The van der Waals surface area contributed by atoms with Crippen LogP contribution in [-0.2, 0) is 38.4 Å². The van der Waals surface area contributed by atoms with Crippen molar-refractivity contribution in [1.82, 2.24) is 5.32 Å². The van der Waals surface area contributed by atoms with Crippen LogP contribution in [0.3, 0.4) is 0 Å². The molecule has 0 aliphatic rings. The van der Waals surface area contributed by atoms with Crippen LogP contribution in [-0.4, -0.2) is 63.5 Å². The maximum Gasteiger partial charge on any atom is 1.00 e.